The quantitative estimate of drug-likeness (QED) is 0.702. The molecule has 2 unspecified atom stereocenters. The highest BCUT2D eigenvalue weighted by Gasteiger charge is 2.20. The first-order chi connectivity index (χ1) is 7.42. The maximum absolute atomic E-state index is 11.8. The monoisotopic (exact) mass is 228 g/mol. The number of carbonyl (C=O) groups excluding carboxylic acids is 1. The number of rotatable bonds is 7. The summed E-state index contributed by atoms with van der Waals surface area (Å²) < 4.78 is 0. The highest BCUT2D eigenvalue weighted by molar-refractivity contribution is 5.82. The SMILES string of the molecule is CCC(C)CC(C)NC(=O)[C@@H](N)[C@@H](C)CC. The van der Waals surface area contributed by atoms with Gasteiger partial charge in [-0.1, -0.05) is 40.5 Å². The van der Waals surface area contributed by atoms with Crippen LogP contribution in [0.4, 0.5) is 0 Å². The third-order valence-corrected chi connectivity index (χ3v) is 3.40. The molecule has 3 nitrogen and oxygen atoms in total. The fraction of sp³-hybridized carbons (Fsp3) is 0.923. The van der Waals surface area contributed by atoms with Crippen LogP contribution in [0.25, 0.3) is 0 Å². The minimum atomic E-state index is -0.371. The van der Waals surface area contributed by atoms with E-state index in [4.69, 9.17) is 5.73 Å². The number of nitrogens with two attached hydrogens (primary N) is 1. The van der Waals surface area contributed by atoms with Gasteiger partial charge in [-0.2, -0.15) is 0 Å². The van der Waals surface area contributed by atoms with Crippen LogP contribution in [0.15, 0.2) is 0 Å². The van der Waals surface area contributed by atoms with Crippen LogP contribution in [0.5, 0.6) is 0 Å². The third-order valence-electron chi connectivity index (χ3n) is 3.40. The van der Waals surface area contributed by atoms with Gasteiger partial charge in [0.15, 0.2) is 0 Å². The van der Waals surface area contributed by atoms with Gasteiger partial charge in [0.25, 0.3) is 0 Å². The molecule has 0 heterocycles. The largest absolute Gasteiger partial charge is 0.352 e. The van der Waals surface area contributed by atoms with Gasteiger partial charge in [-0.05, 0) is 25.2 Å². The van der Waals surface area contributed by atoms with E-state index in [1.54, 1.807) is 0 Å². The second kappa shape index (κ2) is 7.66. The topological polar surface area (TPSA) is 55.1 Å². The van der Waals surface area contributed by atoms with Crippen molar-refractivity contribution in [2.24, 2.45) is 17.6 Å². The van der Waals surface area contributed by atoms with E-state index in [1.165, 1.54) is 0 Å². The van der Waals surface area contributed by atoms with Crippen LogP contribution < -0.4 is 11.1 Å². The molecule has 3 heteroatoms. The van der Waals surface area contributed by atoms with E-state index in [9.17, 15) is 4.79 Å². The molecular weight excluding hydrogens is 200 g/mol. The molecule has 0 aliphatic carbocycles. The summed E-state index contributed by atoms with van der Waals surface area (Å²) >= 11 is 0. The molecule has 0 bridgehead atoms. The zero-order chi connectivity index (χ0) is 12.7. The first kappa shape index (κ1) is 15.4. The summed E-state index contributed by atoms with van der Waals surface area (Å²) in [5, 5.41) is 3.00. The molecule has 0 aliphatic heterocycles. The van der Waals surface area contributed by atoms with Crippen LogP contribution in [0, 0.1) is 11.8 Å². The summed E-state index contributed by atoms with van der Waals surface area (Å²) in [6.45, 7) is 10.5. The predicted molar refractivity (Wildman–Crippen MR) is 69.1 cm³/mol. The molecule has 96 valence electrons. The predicted octanol–water partition coefficient (Wildman–Crippen LogP) is 2.30. The number of amides is 1. The van der Waals surface area contributed by atoms with Gasteiger partial charge in [0.2, 0.25) is 5.91 Å². The van der Waals surface area contributed by atoms with Gasteiger partial charge in [-0.3, -0.25) is 4.79 Å². The second-order valence-electron chi connectivity index (χ2n) is 5.07. The molecule has 0 aromatic carbocycles. The molecular formula is C13H28N2O. The number of carbonyl (C=O) groups is 1. The average molecular weight is 228 g/mol. The molecule has 0 aromatic heterocycles. The van der Waals surface area contributed by atoms with E-state index in [-0.39, 0.29) is 23.9 Å². The van der Waals surface area contributed by atoms with Crippen molar-refractivity contribution in [2.45, 2.75) is 66.0 Å². The smallest absolute Gasteiger partial charge is 0.237 e. The van der Waals surface area contributed by atoms with Gasteiger partial charge in [0.05, 0.1) is 6.04 Å². The summed E-state index contributed by atoms with van der Waals surface area (Å²) in [5.74, 6) is 0.885. The summed E-state index contributed by atoms with van der Waals surface area (Å²) in [6.07, 6.45) is 3.11. The fourth-order valence-corrected chi connectivity index (χ4v) is 1.68. The number of nitrogens with one attached hydrogen (secondary N) is 1. The Morgan fingerprint density at radius 2 is 1.75 bits per heavy atom. The highest BCUT2D eigenvalue weighted by Crippen LogP contribution is 2.10. The van der Waals surface area contributed by atoms with Crippen molar-refractivity contribution in [3.63, 3.8) is 0 Å². The highest BCUT2D eigenvalue weighted by atomic mass is 16.2. The van der Waals surface area contributed by atoms with Gasteiger partial charge in [0.1, 0.15) is 0 Å². The van der Waals surface area contributed by atoms with E-state index in [0.29, 0.717) is 5.92 Å². The van der Waals surface area contributed by atoms with Crippen molar-refractivity contribution in [1.29, 1.82) is 0 Å². The van der Waals surface area contributed by atoms with Crippen molar-refractivity contribution in [3.8, 4) is 0 Å². The fourth-order valence-electron chi connectivity index (χ4n) is 1.68. The minimum Gasteiger partial charge on any atom is -0.352 e. The molecule has 0 spiro atoms. The van der Waals surface area contributed by atoms with E-state index in [2.05, 4.69) is 26.1 Å². The lowest BCUT2D eigenvalue weighted by Crippen LogP contribution is -2.47. The van der Waals surface area contributed by atoms with Crippen LogP contribution in [0.3, 0.4) is 0 Å². The lowest BCUT2D eigenvalue weighted by atomic mass is 9.97. The lowest BCUT2D eigenvalue weighted by molar-refractivity contribution is -0.124. The lowest BCUT2D eigenvalue weighted by Gasteiger charge is -2.22. The Hall–Kier alpha value is -0.570. The molecule has 0 rings (SSSR count). The number of hydrogen-bond acceptors (Lipinski definition) is 2. The van der Waals surface area contributed by atoms with Gasteiger partial charge in [0, 0.05) is 6.04 Å². The summed E-state index contributed by atoms with van der Waals surface area (Å²) in [6, 6.07) is -0.151. The van der Waals surface area contributed by atoms with E-state index in [1.807, 2.05) is 13.8 Å². The van der Waals surface area contributed by atoms with Gasteiger partial charge >= 0.3 is 0 Å². The van der Waals surface area contributed by atoms with E-state index >= 15 is 0 Å². The second-order valence-corrected chi connectivity index (χ2v) is 5.07. The van der Waals surface area contributed by atoms with Gasteiger partial charge < -0.3 is 11.1 Å². The molecule has 0 fully saturated rings. The van der Waals surface area contributed by atoms with Crippen LogP contribution in [0.1, 0.15) is 53.9 Å². The molecule has 0 aliphatic rings. The van der Waals surface area contributed by atoms with Crippen molar-refractivity contribution in [2.75, 3.05) is 0 Å². The molecule has 0 saturated carbocycles. The van der Waals surface area contributed by atoms with Crippen LogP contribution in [-0.4, -0.2) is 18.0 Å². The van der Waals surface area contributed by atoms with Crippen molar-refractivity contribution in [3.05, 3.63) is 0 Å². The maximum atomic E-state index is 11.8. The van der Waals surface area contributed by atoms with Crippen molar-refractivity contribution in [1.82, 2.24) is 5.32 Å². The van der Waals surface area contributed by atoms with Crippen molar-refractivity contribution < 1.29 is 4.79 Å². The minimum absolute atomic E-state index is 0.00912. The number of hydrogen-bond donors (Lipinski definition) is 2. The van der Waals surface area contributed by atoms with Crippen LogP contribution in [0.2, 0.25) is 0 Å². The Balaban J connectivity index is 4.03. The maximum Gasteiger partial charge on any atom is 0.237 e. The summed E-state index contributed by atoms with van der Waals surface area (Å²) in [5.41, 5.74) is 5.87. The standard InChI is InChI=1S/C13H28N2O/c1-6-9(3)8-11(5)15-13(16)12(14)10(4)7-2/h9-12H,6-8,14H2,1-5H3,(H,15,16)/t9?,10-,11?,12-/m0/s1. The first-order valence-corrected chi connectivity index (χ1v) is 6.48. The molecule has 3 N–H and O–H groups in total. The Labute approximate surface area is 100 Å². The van der Waals surface area contributed by atoms with Gasteiger partial charge in [-0.15, -0.1) is 0 Å². The average Bonchev–Trinajstić information content (AvgIpc) is 2.26. The Kier molecular flexibility index (Phi) is 7.39. The summed E-state index contributed by atoms with van der Waals surface area (Å²) in [7, 11) is 0. The van der Waals surface area contributed by atoms with Gasteiger partial charge in [-0.25, -0.2) is 0 Å². The molecule has 1 amide bonds. The first-order valence-electron chi connectivity index (χ1n) is 6.48. The van der Waals surface area contributed by atoms with E-state index < -0.39 is 0 Å². The zero-order valence-corrected chi connectivity index (χ0v) is 11.4. The summed E-state index contributed by atoms with van der Waals surface area (Å²) in [4.78, 5) is 11.8. The molecule has 16 heavy (non-hydrogen) atoms. The molecule has 0 radical (unpaired) electrons. The molecule has 4 atom stereocenters. The normalized spacial score (nSPS) is 18.6. The Bertz CT molecular complexity index is 206. The van der Waals surface area contributed by atoms with Crippen LogP contribution >= 0.6 is 0 Å². The third kappa shape index (κ3) is 5.50. The molecule has 0 aromatic rings. The zero-order valence-electron chi connectivity index (χ0n) is 11.4. The molecule has 0 saturated heterocycles. The van der Waals surface area contributed by atoms with E-state index in [0.717, 1.165) is 19.3 Å². The Morgan fingerprint density at radius 1 is 1.19 bits per heavy atom. The Morgan fingerprint density at radius 3 is 2.19 bits per heavy atom. The van der Waals surface area contributed by atoms with Crippen molar-refractivity contribution >= 4 is 5.91 Å². The van der Waals surface area contributed by atoms with Crippen LogP contribution in [-0.2, 0) is 4.79 Å².